The van der Waals surface area contributed by atoms with Crippen LogP contribution in [0.15, 0.2) is 12.1 Å². The summed E-state index contributed by atoms with van der Waals surface area (Å²) in [4.78, 5) is 53.5. The smallest absolute Gasteiger partial charge is 0.206 e. The van der Waals surface area contributed by atoms with E-state index in [4.69, 9.17) is 0 Å². The second-order valence-electron chi connectivity index (χ2n) is 12.1. The van der Waals surface area contributed by atoms with Gasteiger partial charge in [-0.1, -0.05) is 53.7 Å². The third kappa shape index (κ3) is 3.01. The first-order valence-corrected chi connectivity index (χ1v) is 12.3. The van der Waals surface area contributed by atoms with Crippen LogP contribution in [0.5, 0.6) is 11.5 Å². The van der Waals surface area contributed by atoms with Gasteiger partial charge in [-0.15, -0.1) is 0 Å². The Morgan fingerprint density at radius 2 is 1.67 bits per heavy atom. The lowest BCUT2D eigenvalue weighted by atomic mass is 9.46. The highest BCUT2D eigenvalue weighted by Gasteiger charge is 2.71. The van der Waals surface area contributed by atoms with Crippen molar-refractivity contribution in [2.75, 3.05) is 0 Å². The molecule has 2 aromatic carbocycles. The van der Waals surface area contributed by atoms with E-state index in [0.29, 0.717) is 22.1 Å². The maximum absolute atomic E-state index is 14.1. The average molecular weight is 495 g/mol. The van der Waals surface area contributed by atoms with Crippen molar-refractivity contribution in [3.05, 3.63) is 34.4 Å². The van der Waals surface area contributed by atoms with E-state index in [1.165, 1.54) is 0 Å². The molecule has 36 heavy (non-hydrogen) atoms. The van der Waals surface area contributed by atoms with Crippen molar-refractivity contribution in [3.63, 3.8) is 0 Å². The molecule has 0 aromatic heterocycles. The SMILES string of the molecule is CC(=O)C1C(=O)C(C(C)C)[C@@]2(C)Cc3c(c(O)c4c(O)c(C(C)(C)C)ccc4c3C)C(=O)[C@@]2(O)C1=O. The number of phenolic OH excluding ortho intramolecular Hbond substituents is 2. The van der Waals surface area contributed by atoms with Crippen molar-refractivity contribution in [1.29, 1.82) is 0 Å². The Hall–Kier alpha value is -3.06. The zero-order valence-corrected chi connectivity index (χ0v) is 22.1. The first kappa shape index (κ1) is 26.0. The summed E-state index contributed by atoms with van der Waals surface area (Å²) in [6.45, 7) is 13.6. The Morgan fingerprint density at radius 3 is 2.17 bits per heavy atom. The predicted octanol–water partition coefficient (Wildman–Crippen LogP) is 3.96. The van der Waals surface area contributed by atoms with Gasteiger partial charge in [0.2, 0.25) is 5.78 Å². The number of benzene rings is 2. The fourth-order valence-electron chi connectivity index (χ4n) is 6.78. The fraction of sp³-hybridized carbons (Fsp3) is 0.517. The lowest BCUT2D eigenvalue weighted by Gasteiger charge is -2.55. The molecule has 3 N–H and O–H groups in total. The number of carbonyl (C=O) groups is 4. The van der Waals surface area contributed by atoms with Crippen molar-refractivity contribution in [1.82, 2.24) is 0 Å². The van der Waals surface area contributed by atoms with E-state index in [1.807, 2.05) is 20.8 Å². The molecule has 2 aliphatic carbocycles. The third-order valence-corrected chi connectivity index (χ3v) is 8.51. The van der Waals surface area contributed by atoms with Gasteiger partial charge < -0.3 is 15.3 Å². The van der Waals surface area contributed by atoms with Crippen LogP contribution in [0.25, 0.3) is 10.8 Å². The topological polar surface area (TPSA) is 129 Å². The minimum absolute atomic E-state index is 0.0351. The number of Topliss-reactive ketones (excluding diaryl/α,β-unsaturated/α-hetero) is 4. The van der Waals surface area contributed by atoms with Gasteiger partial charge in [0.25, 0.3) is 0 Å². The molecular weight excluding hydrogens is 460 g/mol. The highest BCUT2D eigenvalue weighted by Crippen LogP contribution is 2.58. The van der Waals surface area contributed by atoms with E-state index in [2.05, 4.69) is 0 Å². The van der Waals surface area contributed by atoms with Crippen LogP contribution < -0.4 is 0 Å². The molecule has 0 saturated heterocycles. The monoisotopic (exact) mass is 494 g/mol. The molecule has 0 radical (unpaired) electrons. The van der Waals surface area contributed by atoms with E-state index in [1.54, 1.807) is 39.8 Å². The van der Waals surface area contributed by atoms with Crippen LogP contribution in [0.3, 0.4) is 0 Å². The van der Waals surface area contributed by atoms with Crippen LogP contribution in [0, 0.1) is 30.1 Å². The lowest BCUT2D eigenvalue weighted by molar-refractivity contribution is -0.176. The lowest BCUT2D eigenvalue weighted by Crippen LogP contribution is -2.72. The second-order valence-corrected chi connectivity index (χ2v) is 12.1. The maximum atomic E-state index is 14.1. The number of carbonyl (C=O) groups excluding carboxylic acids is 4. The van der Waals surface area contributed by atoms with Crippen LogP contribution in [0.1, 0.15) is 75.5 Å². The van der Waals surface area contributed by atoms with Gasteiger partial charge in [-0.3, -0.25) is 19.2 Å². The molecule has 0 bridgehead atoms. The highest BCUT2D eigenvalue weighted by atomic mass is 16.3. The molecule has 0 aliphatic heterocycles. The minimum Gasteiger partial charge on any atom is -0.507 e. The Morgan fingerprint density at radius 1 is 1.08 bits per heavy atom. The summed E-state index contributed by atoms with van der Waals surface area (Å²) in [7, 11) is 0. The van der Waals surface area contributed by atoms with Crippen molar-refractivity contribution in [2.45, 2.75) is 72.8 Å². The highest BCUT2D eigenvalue weighted by molar-refractivity contribution is 6.33. The molecule has 192 valence electrons. The minimum atomic E-state index is -2.69. The molecule has 7 heteroatoms. The van der Waals surface area contributed by atoms with Crippen molar-refractivity contribution in [2.24, 2.45) is 23.2 Å². The summed E-state index contributed by atoms with van der Waals surface area (Å²) >= 11 is 0. The van der Waals surface area contributed by atoms with E-state index in [0.717, 1.165) is 6.92 Å². The number of fused-ring (bicyclic) bond motifs is 3. The summed E-state index contributed by atoms with van der Waals surface area (Å²) in [5, 5.41) is 35.1. The standard InChI is InChI=1S/C29H34O7/c1-12(2)21-24(33)18(14(4)30)25(34)29(36)26(35)20-16(11-28(21,29)8)13(3)15-9-10-17(27(5,6)7)22(31)19(15)23(20)32/h9-10,12,18,21,31-32,36H,11H2,1-8H3/t18?,21?,28-,29+/m1/s1. The Kier molecular flexibility index (Phi) is 5.58. The first-order chi connectivity index (χ1) is 16.4. The number of hydrogen-bond donors (Lipinski definition) is 3. The van der Waals surface area contributed by atoms with Gasteiger partial charge in [-0.25, -0.2) is 0 Å². The molecule has 4 atom stereocenters. The van der Waals surface area contributed by atoms with Crippen LogP contribution in [0.4, 0.5) is 0 Å². The molecule has 7 nitrogen and oxygen atoms in total. The van der Waals surface area contributed by atoms with Gasteiger partial charge in [-0.05, 0) is 48.1 Å². The Bertz CT molecular complexity index is 1380. The van der Waals surface area contributed by atoms with E-state index < -0.39 is 57.1 Å². The molecular formula is C29H34O7. The summed E-state index contributed by atoms with van der Waals surface area (Å²) < 4.78 is 0. The number of phenols is 2. The van der Waals surface area contributed by atoms with Crippen molar-refractivity contribution >= 4 is 33.9 Å². The molecule has 4 rings (SSSR count). The first-order valence-electron chi connectivity index (χ1n) is 12.3. The number of hydrogen-bond acceptors (Lipinski definition) is 7. The average Bonchev–Trinajstić information content (AvgIpc) is 2.73. The van der Waals surface area contributed by atoms with Crippen molar-refractivity contribution in [3.8, 4) is 11.5 Å². The maximum Gasteiger partial charge on any atom is 0.206 e. The molecule has 1 fully saturated rings. The molecule has 2 unspecified atom stereocenters. The quantitative estimate of drug-likeness (QED) is 0.539. The van der Waals surface area contributed by atoms with E-state index in [9.17, 15) is 34.5 Å². The summed E-state index contributed by atoms with van der Waals surface area (Å²) in [5.74, 6) is -7.24. The van der Waals surface area contributed by atoms with E-state index >= 15 is 0 Å². The molecule has 1 saturated carbocycles. The fourth-order valence-corrected chi connectivity index (χ4v) is 6.78. The Labute approximate surface area is 210 Å². The Balaban J connectivity index is 2.12. The summed E-state index contributed by atoms with van der Waals surface area (Å²) in [5.41, 5.74) is -3.32. The van der Waals surface area contributed by atoms with Gasteiger partial charge in [0.15, 0.2) is 17.2 Å². The zero-order valence-electron chi connectivity index (χ0n) is 22.1. The summed E-state index contributed by atoms with van der Waals surface area (Å²) in [6.07, 6.45) is -0.0351. The van der Waals surface area contributed by atoms with Crippen molar-refractivity contribution < 1.29 is 34.5 Å². The van der Waals surface area contributed by atoms with Crippen LogP contribution >= 0.6 is 0 Å². The second kappa shape index (κ2) is 7.72. The van der Waals surface area contributed by atoms with Gasteiger partial charge >= 0.3 is 0 Å². The number of aromatic hydroxyl groups is 2. The number of rotatable bonds is 2. The molecule has 2 aromatic rings. The van der Waals surface area contributed by atoms with Gasteiger partial charge in [-0.2, -0.15) is 0 Å². The van der Waals surface area contributed by atoms with Gasteiger partial charge in [0.1, 0.15) is 23.2 Å². The molecule has 0 spiro atoms. The van der Waals surface area contributed by atoms with Crippen LogP contribution in [0.2, 0.25) is 0 Å². The summed E-state index contributed by atoms with van der Waals surface area (Å²) in [6, 6.07) is 3.56. The van der Waals surface area contributed by atoms with Gasteiger partial charge in [0, 0.05) is 16.9 Å². The largest absolute Gasteiger partial charge is 0.507 e. The zero-order chi connectivity index (χ0) is 27.3. The molecule has 0 amide bonds. The molecule has 0 heterocycles. The van der Waals surface area contributed by atoms with Gasteiger partial charge in [0.05, 0.1) is 10.9 Å². The van der Waals surface area contributed by atoms with Crippen LogP contribution in [-0.2, 0) is 26.2 Å². The number of aliphatic hydroxyl groups is 1. The van der Waals surface area contributed by atoms with E-state index in [-0.39, 0.29) is 29.0 Å². The number of ketones is 4. The molecule has 2 aliphatic rings. The van der Waals surface area contributed by atoms with Crippen LogP contribution in [-0.4, -0.2) is 44.1 Å². The number of aryl methyl sites for hydroxylation is 1. The third-order valence-electron chi connectivity index (χ3n) is 8.51. The normalized spacial score (nSPS) is 28.4. The predicted molar refractivity (Wildman–Crippen MR) is 134 cm³/mol.